The Morgan fingerprint density at radius 3 is 2.40 bits per heavy atom. The van der Waals surface area contributed by atoms with Gasteiger partial charge in [-0.2, -0.15) is 0 Å². The average Bonchev–Trinajstić information content (AvgIpc) is 1.98. The van der Waals surface area contributed by atoms with E-state index in [-0.39, 0.29) is 5.38 Å². The van der Waals surface area contributed by atoms with E-state index < -0.39 is 0 Å². The molecule has 0 bridgehead atoms. The van der Waals surface area contributed by atoms with E-state index in [9.17, 15) is 0 Å². The molecule has 1 nitrogen and oxygen atoms in total. The van der Waals surface area contributed by atoms with Gasteiger partial charge in [-0.15, -0.1) is 11.6 Å². The molecule has 0 heterocycles. The minimum absolute atomic E-state index is 0.185. The molecule has 0 aromatic carbocycles. The number of hydrogen-bond acceptors (Lipinski definition) is 1. The highest BCUT2D eigenvalue weighted by molar-refractivity contribution is 6.20. The van der Waals surface area contributed by atoms with E-state index in [1.807, 2.05) is 6.92 Å². The SMILES string of the molecule is CCOCC(Cl)C(C)CC. The van der Waals surface area contributed by atoms with Gasteiger partial charge in [-0.25, -0.2) is 0 Å². The minimum Gasteiger partial charge on any atom is -0.380 e. The Morgan fingerprint density at radius 2 is 2.00 bits per heavy atom. The zero-order valence-electron chi connectivity index (χ0n) is 7.06. The monoisotopic (exact) mass is 164 g/mol. The van der Waals surface area contributed by atoms with Crippen LogP contribution in [0.3, 0.4) is 0 Å². The van der Waals surface area contributed by atoms with Crippen LogP contribution in [0.2, 0.25) is 0 Å². The Labute approximate surface area is 68.7 Å². The first kappa shape index (κ1) is 10.2. The lowest BCUT2D eigenvalue weighted by Gasteiger charge is -2.15. The van der Waals surface area contributed by atoms with Crippen LogP contribution in [0.4, 0.5) is 0 Å². The molecule has 0 aromatic heterocycles. The van der Waals surface area contributed by atoms with Crippen molar-refractivity contribution in [1.82, 2.24) is 0 Å². The van der Waals surface area contributed by atoms with E-state index in [0.717, 1.165) is 13.0 Å². The summed E-state index contributed by atoms with van der Waals surface area (Å²) in [6, 6.07) is 0. The molecule has 0 saturated carbocycles. The van der Waals surface area contributed by atoms with Crippen molar-refractivity contribution in [3.8, 4) is 0 Å². The van der Waals surface area contributed by atoms with Gasteiger partial charge in [0, 0.05) is 6.61 Å². The van der Waals surface area contributed by atoms with Crippen LogP contribution >= 0.6 is 11.6 Å². The molecular weight excluding hydrogens is 148 g/mol. The van der Waals surface area contributed by atoms with E-state index in [1.54, 1.807) is 0 Å². The lowest BCUT2D eigenvalue weighted by atomic mass is 10.1. The van der Waals surface area contributed by atoms with E-state index in [2.05, 4.69) is 13.8 Å². The molecule has 10 heavy (non-hydrogen) atoms. The van der Waals surface area contributed by atoms with E-state index in [0.29, 0.717) is 12.5 Å². The summed E-state index contributed by atoms with van der Waals surface area (Å²) >= 11 is 5.99. The van der Waals surface area contributed by atoms with Crippen LogP contribution in [0.25, 0.3) is 0 Å². The van der Waals surface area contributed by atoms with Gasteiger partial charge in [-0.3, -0.25) is 0 Å². The Bertz CT molecular complexity index is 75.7. The Hall–Kier alpha value is 0.250. The van der Waals surface area contributed by atoms with E-state index in [4.69, 9.17) is 16.3 Å². The maximum Gasteiger partial charge on any atom is 0.0632 e. The van der Waals surface area contributed by atoms with Gasteiger partial charge in [0.25, 0.3) is 0 Å². The van der Waals surface area contributed by atoms with Crippen LogP contribution in [-0.2, 0) is 4.74 Å². The fourth-order valence-electron chi connectivity index (χ4n) is 0.650. The van der Waals surface area contributed by atoms with Gasteiger partial charge < -0.3 is 4.74 Å². The summed E-state index contributed by atoms with van der Waals surface area (Å²) in [4.78, 5) is 0. The zero-order chi connectivity index (χ0) is 7.98. The topological polar surface area (TPSA) is 9.23 Å². The van der Waals surface area contributed by atoms with Crippen molar-refractivity contribution in [2.45, 2.75) is 32.6 Å². The molecule has 2 atom stereocenters. The van der Waals surface area contributed by atoms with Crippen LogP contribution in [0.1, 0.15) is 27.2 Å². The summed E-state index contributed by atoms with van der Waals surface area (Å²) in [7, 11) is 0. The first-order valence-corrected chi connectivity index (χ1v) is 4.37. The van der Waals surface area contributed by atoms with Gasteiger partial charge in [-0.1, -0.05) is 20.3 Å². The maximum atomic E-state index is 5.99. The van der Waals surface area contributed by atoms with Crippen molar-refractivity contribution in [3.63, 3.8) is 0 Å². The second kappa shape index (κ2) is 5.99. The van der Waals surface area contributed by atoms with Crippen LogP contribution in [0.5, 0.6) is 0 Å². The first-order chi connectivity index (χ1) is 4.72. The number of rotatable bonds is 5. The van der Waals surface area contributed by atoms with Gasteiger partial charge in [0.1, 0.15) is 0 Å². The highest BCUT2D eigenvalue weighted by Crippen LogP contribution is 2.13. The smallest absolute Gasteiger partial charge is 0.0632 e. The van der Waals surface area contributed by atoms with Gasteiger partial charge in [-0.05, 0) is 12.8 Å². The number of hydrogen-bond donors (Lipinski definition) is 0. The van der Waals surface area contributed by atoms with Crippen molar-refractivity contribution in [1.29, 1.82) is 0 Å². The van der Waals surface area contributed by atoms with Crippen LogP contribution in [0, 0.1) is 5.92 Å². The molecule has 0 rings (SSSR count). The molecule has 0 aromatic rings. The quantitative estimate of drug-likeness (QED) is 0.568. The fraction of sp³-hybridized carbons (Fsp3) is 1.00. The molecule has 0 aliphatic carbocycles. The lowest BCUT2D eigenvalue weighted by Crippen LogP contribution is -2.17. The largest absolute Gasteiger partial charge is 0.380 e. The summed E-state index contributed by atoms with van der Waals surface area (Å²) in [5, 5.41) is 0.185. The summed E-state index contributed by atoms with van der Waals surface area (Å²) in [6.07, 6.45) is 1.13. The first-order valence-electron chi connectivity index (χ1n) is 3.94. The highest BCUT2D eigenvalue weighted by Gasteiger charge is 2.11. The van der Waals surface area contributed by atoms with Gasteiger partial charge in [0.15, 0.2) is 0 Å². The second-order valence-electron chi connectivity index (χ2n) is 2.56. The molecule has 0 saturated heterocycles. The van der Waals surface area contributed by atoms with Crippen LogP contribution < -0.4 is 0 Å². The summed E-state index contributed by atoms with van der Waals surface area (Å²) in [5.74, 6) is 0.563. The molecule has 0 fully saturated rings. The molecule has 0 N–H and O–H groups in total. The van der Waals surface area contributed by atoms with Crippen LogP contribution in [0.15, 0.2) is 0 Å². The zero-order valence-corrected chi connectivity index (χ0v) is 7.82. The molecule has 0 radical (unpaired) electrons. The van der Waals surface area contributed by atoms with E-state index >= 15 is 0 Å². The minimum atomic E-state index is 0.185. The summed E-state index contributed by atoms with van der Waals surface area (Å²) in [6.45, 7) is 7.73. The van der Waals surface area contributed by atoms with Gasteiger partial charge in [0.05, 0.1) is 12.0 Å². The van der Waals surface area contributed by atoms with Crippen molar-refractivity contribution < 1.29 is 4.74 Å². The Balaban J connectivity index is 3.31. The third-order valence-corrected chi connectivity index (χ3v) is 2.30. The molecule has 2 unspecified atom stereocenters. The van der Waals surface area contributed by atoms with Crippen molar-refractivity contribution in [2.75, 3.05) is 13.2 Å². The third-order valence-electron chi connectivity index (χ3n) is 1.74. The fourth-order valence-corrected chi connectivity index (χ4v) is 0.918. The van der Waals surface area contributed by atoms with E-state index in [1.165, 1.54) is 0 Å². The molecule has 0 amide bonds. The lowest BCUT2D eigenvalue weighted by molar-refractivity contribution is 0.136. The second-order valence-corrected chi connectivity index (χ2v) is 3.12. The summed E-state index contributed by atoms with van der Waals surface area (Å²) in [5.41, 5.74) is 0. The van der Waals surface area contributed by atoms with Crippen LogP contribution in [-0.4, -0.2) is 18.6 Å². The molecule has 2 heteroatoms. The van der Waals surface area contributed by atoms with Crippen molar-refractivity contribution in [2.24, 2.45) is 5.92 Å². The Kier molecular flexibility index (Phi) is 6.14. The number of alkyl halides is 1. The number of ether oxygens (including phenoxy) is 1. The number of halogens is 1. The van der Waals surface area contributed by atoms with Crippen molar-refractivity contribution >= 4 is 11.6 Å². The molecular formula is C8H17ClO. The van der Waals surface area contributed by atoms with Crippen molar-refractivity contribution in [3.05, 3.63) is 0 Å². The normalized spacial score (nSPS) is 16.8. The maximum absolute atomic E-state index is 5.99. The Morgan fingerprint density at radius 1 is 1.40 bits per heavy atom. The predicted molar refractivity (Wildman–Crippen MR) is 45.6 cm³/mol. The summed E-state index contributed by atoms with van der Waals surface area (Å²) < 4.78 is 5.19. The molecule has 0 aliphatic heterocycles. The van der Waals surface area contributed by atoms with Gasteiger partial charge >= 0.3 is 0 Å². The predicted octanol–water partition coefficient (Wildman–Crippen LogP) is 2.68. The standard InChI is InChI=1S/C8H17ClO/c1-4-7(3)8(9)6-10-5-2/h7-8H,4-6H2,1-3H3. The highest BCUT2D eigenvalue weighted by atomic mass is 35.5. The average molecular weight is 165 g/mol. The molecule has 0 aliphatic rings. The molecule has 0 spiro atoms. The molecule has 62 valence electrons. The van der Waals surface area contributed by atoms with Gasteiger partial charge in [0.2, 0.25) is 0 Å². The third kappa shape index (κ3) is 4.13.